The van der Waals surface area contributed by atoms with Crippen LogP contribution in [-0.4, -0.2) is 59.6 Å². The van der Waals surface area contributed by atoms with E-state index in [1.807, 2.05) is 12.3 Å². The van der Waals surface area contributed by atoms with Gasteiger partial charge in [0.1, 0.15) is 17.4 Å². The van der Waals surface area contributed by atoms with Crippen LogP contribution in [0.3, 0.4) is 0 Å². The Balaban J connectivity index is 2.05. The van der Waals surface area contributed by atoms with Crippen molar-refractivity contribution in [1.29, 1.82) is 10.9 Å². The van der Waals surface area contributed by atoms with Gasteiger partial charge in [0, 0.05) is 19.7 Å². The van der Waals surface area contributed by atoms with E-state index in [1.54, 1.807) is 56.5 Å². The summed E-state index contributed by atoms with van der Waals surface area (Å²) >= 11 is 1.44. The molecule has 11 nitrogen and oxygen atoms in total. The molecule has 0 spiro atoms. The second kappa shape index (κ2) is 13.1. The van der Waals surface area contributed by atoms with E-state index in [-0.39, 0.29) is 23.6 Å². The van der Waals surface area contributed by atoms with E-state index < -0.39 is 12.2 Å². The van der Waals surface area contributed by atoms with Gasteiger partial charge in [0.2, 0.25) is 0 Å². The highest BCUT2D eigenvalue weighted by atomic mass is 32.2. The number of rotatable bonds is 11. The second-order valence-corrected chi connectivity index (χ2v) is 7.58. The van der Waals surface area contributed by atoms with E-state index in [0.717, 1.165) is 5.01 Å². The first-order chi connectivity index (χ1) is 15.9. The minimum absolute atomic E-state index is 0.00939. The molecule has 176 valence electrons. The summed E-state index contributed by atoms with van der Waals surface area (Å²) in [5.41, 5.74) is 8.20. The summed E-state index contributed by atoms with van der Waals surface area (Å²) in [7, 11) is 3.02. The molecular weight excluding hydrogens is 446 g/mol. The number of anilines is 1. The van der Waals surface area contributed by atoms with Crippen LogP contribution in [0.1, 0.15) is 18.2 Å². The van der Waals surface area contributed by atoms with Gasteiger partial charge in [-0.15, -0.1) is 11.8 Å². The average molecular weight is 474 g/mol. The molecule has 1 amide bonds. The highest BCUT2D eigenvalue weighted by Gasteiger charge is 2.20. The molecule has 0 radical (unpaired) electrons. The molecule has 1 aromatic carbocycles. The van der Waals surface area contributed by atoms with Crippen LogP contribution >= 0.6 is 11.8 Å². The summed E-state index contributed by atoms with van der Waals surface area (Å²) in [5, 5.41) is 19.2. The molecule has 3 N–H and O–H groups in total. The number of amides is 1. The number of carbonyl (C=O) groups excluding carboxylic acids is 1. The van der Waals surface area contributed by atoms with Crippen molar-refractivity contribution >= 4 is 35.2 Å². The summed E-state index contributed by atoms with van der Waals surface area (Å²) in [6.45, 7) is 1.73. The van der Waals surface area contributed by atoms with Crippen molar-refractivity contribution < 1.29 is 19.1 Å². The largest absolute Gasteiger partial charge is 0.443 e. The van der Waals surface area contributed by atoms with Gasteiger partial charge in [-0.05, 0) is 25.3 Å². The number of likely N-dealkylation sites (N-methyl/N-ethyl adjacent to an activating group) is 1. The maximum atomic E-state index is 12.2. The van der Waals surface area contributed by atoms with Gasteiger partial charge in [0.05, 0.1) is 5.69 Å². The van der Waals surface area contributed by atoms with Crippen LogP contribution in [0.15, 0.2) is 58.9 Å². The maximum Gasteiger partial charge on any atom is 0.413 e. The summed E-state index contributed by atoms with van der Waals surface area (Å²) in [6.07, 6.45) is 0.763. The Morgan fingerprint density at radius 3 is 2.61 bits per heavy atom. The molecule has 33 heavy (non-hydrogen) atoms. The number of hydrogen-bond acceptors (Lipinski definition) is 10. The number of oxime groups is 1. The molecule has 0 bridgehead atoms. The van der Waals surface area contributed by atoms with Crippen LogP contribution < -0.4 is 5.32 Å². The van der Waals surface area contributed by atoms with Crippen molar-refractivity contribution in [3.8, 4) is 0 Å². The van der Waals surface area contributed by atoms with E-state index in [1.165, 1.54) is 18.8 Å². The molecule has 0 fully saturated rings. The van der Waals surface area contributed by atoms with Gasteiger partial charge >= 0.3 is 6.09 Å². The minimum atomic E-state index is -0.649. The molecule has 0 aliphatic rings. The van der Waals surface area contributed by atoms with Gasteiger partial charge in [-0.2, -0.15) is 5.53 Å². The van der Waals surface area contributed by atoms with Crippen LogP contribution in [-0.2, 0) is 20.9 Å². The van der Waals surface area contributed by atoms with E-state index in [4.69, 9.17) is 25.3 Å². The molecule has 0 saturated heterocycles. The first-order valence-electron chi connectivity index (χ1n) is 9.84. The van der Waals surface area contributed by atoms with Gasteiger partial charge in [0.15, 0.2) is 18.2 Å². The molecule has 1 heterocycles. The van der Waals surface area contributed by atoms with E-state index in [2.05, 4.69) is 20.7 Å². The summed E-state index contributed by atoms with van der Waals surface area (Å²) in [6, 6.07) is 14.0. The fraction of sp³-hybridized carbons (Fsp3) is 0.333. The van der Waals surface area contributed by atoms with Crippen molar-refractivity contribution in [2.45, 2.75) is 25.1 Å². The number of ether oxygens (including phenoxy) is 2. The Kier molecular flexibility index (Phi) is 10.2. The Morgan fingerprint density at radius 2 is 1.97 bits per heavy atom. The highest BCUT2D eigenvalue weighted by molar-refractivity contribution is 7.99. The number of nitrogens with one attached hydrogen (secondary N) is 3. The molecule has 12 heteroatoms. The third-order valence-corrected chi connectivity index (χ3v) is 5.33. The fourth-order valence-corrected chi connectivity index (χ4v) is 3.29. The topological polar surface area (TPSA) is 145 Å². The van der Waals surface area contributed by atoms with Crippen LogP contribution in [0.4, 0.5) is 10.6 Å². The zero-order chi connectivity index (χ0) is 24.2. The standard InChI is InChI=1S/C21H27N7O4S/c1-14(20(30-3)33-4)32-21(29)25-17-12-8-11-16(24-17)13-31-26-18(19(22)28(2)27-23)15-9-6-5-7-10-15/h5-12,14,20,22-23H,13H2,1-4H3,(H,24,25,29)/b22-19?,26-18-,27-23?. The molecular formula is C21H27N7O4S. The fourth-order valence-electron chi connectivity index (χ4n) is 2.66. The number of nitrogens with zero attached hydrogens (tertiary/aromatic N) is 4. The van der Waals surface area contributed by atoms with Crippen molar-refractivity contribution in [3.63, 3.8) is 0 Å². The second-order valence-electron chi connectivity index (χ2n) is 6.64. The lowest BCUT2D eigenvalue weighted by atomic mass is 10.1. The number of pyridine rings is 1. The number of hydrogen-bond donors (Lipinski definition) is 3. The average Bonchev–Trinajstić information content (AvgIpc) is 2.82. The van der Waals surface area contributed by atoms with Gasteiger partial charge in [0.25, 0.3) is 0 Å². The molecule has 1 aromatic heterocycles. The third-order valence-electron chi connectivity index (χ3n) is 4.29. The van der Waals surface area contributed by atoms with Crippen molar-refractivity contribution in [2.75, 3.05) is 25.7 Å². The molecule has 0 aliphatic carbocycles. The van der Waals surface area contributed by atoms with Gasteiger partial charge in [-0.3, -0.25) is 10.7 Å². The lowest BCUT2D eigenvalue weighted by Crippen LogP contribution is -2.29. The Morgan fingerprint density at radius 1 is 1.24 bits per heavy atom. The lowest BCUT2D eigenvalue weighted by Gasteiger charge is -2.20. The Labute approximate surface area is 196 Å². The van der Waals surface area contributed by atoms with Gasteiger partial charge in [-0.25, -0.2) is 14.8 Å². The number of thioether (sulfide) groups is 1. The first-order valence-corrected chi connectivity index (χ1v) is 11.1. The van der Waals surface area contributed by atoms with Gasteiger partial charge < -0.3 is 14.3 Å². The predicted molar refractivity (Wildman–Crippen MR) is 127 cm³/mol. The van der Waals surface area contributed by atoms with Crippen LogP contribution in [0.2, 0.25) is 0 Å². The van der Waals surface area contributed by atoms with Gasteiger partial charge in [-0.1, -0.05) is 46.8 Å². The third kappa shape index (κ3) is 7.84. The first kappa shape index (κ1) is 25.7. The van der Waals surface area contributed by atoms with Crippen molar-refractivity contribution in [1.82, 2.24) is 9.99 Å². The number of benzene rings is 1. The molecule has 0 aliphatic heterocycles. The van der Waals surface area contributed by atoms with Crippen LogP contribution in [0.25, 0.3) is 0 Å². The van der Waals surface area contributed by atoms with E-state index in [0.29, 0.717) is 17.1 Å². The quantitative estimate of drug-likeness (QED) is 0.146. The molecule has 0 saturated carbocycles. The number of methoxy groups -OCH3 is 1. The summed E-state index contributed by atoms with van der Waals surface area (Å²) in [4.78, 5) is 21.9. The summed E-state index contributed by atoms with van der Waals surface area (Å²) in [5.74, 6) is 0.190. The van der Waals surface area contributed by atoms with E-state index >= 15 is 0 Å². The predicted octanol–water partition coefficient (Wildman–Crippen LogP) is 4.13. The molecule has 2 rings (SSSR count). The number of aromatic nitrogens is 1. The number of amidine groups is 1. The van der Waals surface area contributed by atoms with Crippen molar-refractivity contribution in [2.24, 2.45) is 10.4 Å². The van der Waals surface area contributed by atoms with E-state index in [9.17, 15) is 4.79 Å². The normalized spacial score (nSPS) is 12.9. The molecule has 2 atom stereocenters. The number of carbonyl (C=O) groups is 1. The zero-order valence-corrected chi connectivity index (χ0v) is 19.6. The lowest BCUT2D eigenvalue weighted by molar-refractivity contribution is 0.0382. The summed E-state index contributed by atoms with van der Waals surface area (Å²) < 4.78 is 10.6. The Hall–Kier alpha value is -3.51. The smallest absolute Gasteiger partial charge is 0.413 e. The van der Waals surface area contributed by atoms with Crippen LogP contribution in [0, 0.1) is 10.9 Å². The SMILES string of the molecule is COC(SC)C(C)OC(=O)Nc1cccc(CO/N=C(\C(=N)N(C)N=N)c2ccccc2)n1. The highest BCUT2D eigenvalue weighted by Crippen LogP contribution is 2.15. The monoisotopic (exact) mass is 473 g/mol. The Bertz CT molecular complexity index is 970. The van der Waals surface area contributed by atoms with Crippen LogP contribution in [0.5, 0.6) is 0 Å². The maximum absolute atomic E-state index is 12.2. The molecule has 2 unspecified atom stereocenters. The van der Waals surface area contributed by atoms with Crippen molar-refractivity contribution in [3.05, 3.63) is 59.8 Å². The minimum Gasteiger partial charge on any atom is -0.443 e. The zero-order valence-electron chi connectivity index (χ0n) is 18.8. The molecule has 2 aromatic rings.